The van der Waals surface area contributed by atoms with Gasteiger partial charge in [-0.2, -0.15) is 0 Å². The van der Waals surface area contributed by atoms with Gasteiger partial charge in [0.2, 0.25) is 11.7 Å². The van der Waals surface area contributed by atoms with Crippen LogP contribution in [0.15, 0.2) is 76.2 Å². The van der Waals surface area contributed by atoms with Gasteiger partial charge in [-0.25, -0.2) is 4.79 Å². The van der Waals surface area contributed by atoms with E-state index in [-0.39, 0.29) is 10.7 Å². The largest absolute Gasteiger partial charge is 0.463 e. The first-order chi connectivity index (χ1) is 18.3. The fourth-order valence-electron chi connectivity index (χ4n) is 4.02. The summed E-state index contributed by atoms with van der Waals surface area (Å²) in [6.45, 7) is -0.0783. The molecule has 1 aliphatic heterocycles. The van der Waals surface area contributed by atoms with Crippen molar-refractivity contribution in [1.82, 2.24) is 9.47 Å². The molecule has 1 aliphatic rings. The van der Waals surface area contributed by atoms with E-state index in [9.17, 15) is 19.2 Å². The standard InChI is InChI=1S/C27H20ClN3O6S/c1-36-26(34)22-11-10-19(37-22)14-30-13-16(20-4-2-3-5-21(20)30)12-23-25(33)31(27(35)38-23)15-24(32)29-18-8-6-17(28)7-9-18/h2-13H,14-15H2,1H3,(H,29,32)/b23-12-. The Morgan fingerprint density at radius 1 is 1.08 bits per heavy atom. The van der Waals surface area contributed by atoms with E-state index in [2.05, 4.69) is 5.32 Å². The molecule has 0 atom stereocenters. The zero-order chi connectivity index (χ0) is 26.8. The van der Waals surface area contributed by atoms with Crippen LogP contribution < -0.4 is 5.32 Å². The maximum Gasteiger partial charge on any atom is 0.373 e. The fourth-order valence-corrected chi connectivity index (χ4v) is 4.97. The lowest BCUT2D eigenvalue weighted by Crippen LogP contribution is -2.36. The van der Waals surface area contributed by atoms with Crippen molar-refractivity contribution < 1.29 is 28.3 Å². The lowest BCUT2D eigenvalue weighted by atomic mass is 10.1. The molecule has 0 unspecified atom stereocenters. The van der Waals surface area contributed by atoms with Crippen molar-refractivity contribution in [2.45, 2.75) is 6.54 Å². The molecule has 0 spiro atoms. The first-order valence-corrected chi connectivity index (χ1v) is 12.6. The molecule has 1 N–H and O–H groups in total. The fraction of sp³-hybridized carbons (Fsp3) is 0.111. The maximum absolute atomic E-state index is 13.0. The Morgan fingerprint density at radius 2 is 1.84 bits per heavy atom. The summed E-state index contributed by atoms with van der Waals surface area (Å²) in [5.41, 5.74) is 2.10. The summed E-state index contributed by atoms with van der Waals surface area (Å²) in [4.78, 5) is 50.9. The molecule has 1 saturated heterocycles. The van der Waals surface area contributed by atoms with Gasteiger partial charge in [0.25, 0.3) is 11.1 Å². The van der Waals surface area contributed by atoms with E-state index in [0.29, 0.717) is 23.0 Å². The van der Waals surface area contributed by atoms with Gasteiger partial charge in [0.15, 0.2) is 0 Å². The molecule has 38 heavy (non-hydrogen) atoms. The molecule has 9 nitrogen and oxygen atoms in total. The van der Waals surface area contributed by atoms with E-state index < -0.39 is 29.6 Å². The van der Waals surface area contributed by atoms with E-state index in [1.807, 2.05) is 35.0 Å². The summed E-state index contributed by atoms with van der Waals surface area (Å²) >= 11 is 6.64. The number of fused-ring (bicyclic) bond motifs is 1. The molecule has 4 aromatic rings. The van der Waals surface area contributed by atoms with Crippen LogP contribution in [0.5, 0.6) is 0 Å². The van der Waals surface area contributed by atoms with Gasteiger partial charge >= 0.3 is 5.97 Å². The second kappa shape index (κ2) is 10.6. The Hall–Kier alpha value is -4.28. The number of nitrogens with one attached hydrogen (secondary N) is 1. The van der Waals surface area contributed by atoms with Crippen molar-refractivity contribution in [2.75, 3.05) is 19.0 Å². The molecule has 11 heteroatoms. The Labute approximate surface area is 226 Å². The van der Waals surface area contributed by atoms with Gasteiger partial charge in [-0.15, -0.1) is 0 Å². The number of hydrogen-bond acceptors (Lipinski definition) is 7. The van der Waals surface area contributed by atoms with Crippen LogP contribution in [0, 0.1) is 0 Å². The van der Waals surface area contributed by atoms with Crippen LogP contribution in [0.1, 0.15) is 21.9 Å². The number of para-hydroxylation sites is 1. The van der Waals surface area contributed by atoms with Crippen LogP contribution in [0.3, 0.4) is 0 Å². The molecule has 3 heterocycles. The van der Waals surface area contributed by atoms with Crippen molar-refractivity contribution in [3.05, 3.63) is 93.9 Å². The smallest absolute Gasteiger partial charge is 0.373 e. The van der Waals surface area contributed by atoms with Crippen LogP contribution in [0.25, 0.3) is 17.0 Å². The molecule has 0 aliphatic carbocycles. The highest BCUT2D eigenvalue weighted by Crippen LogP contribution is 2.34. The normalized spacial score (nSPS) is 14.5. The second-order valence-corrected chi connectivity index (χ2v) is 9.74. The van der Waals surface area contributed by atoms with Crippen molar-refractivity contribution in [3.63, 3.8) is 0 Å². The molecule has 192 valence electrons. The molecule has 0 saturated carbocycles. The molecule has 5 rings (SSSR count). The molecule has 2 aromatic heterocycles. The lowest BCUT2D eigenvalue weighted by molar-refractivity contribution is -0.127. The maximum atomic E-state index is 13.0. The number of rotatable bonds is 7. The van der Waals surface area contributed by atoms with Gasteiger partial charge in [0.05, 0.1) is 18.6 Å². The Balaban J connectivity index is 1.36. The summed E-state index contributed by atoms with van der Waals surface area (Å²) in [7, 11) is 1.28. The van der Waals surface area contributed by atoms with Crippen molar-refractivity contribution in [2.24, 2.45) is 0 Å². The predicted molar refractivity (Wildman–Crippen MR) is 144 cm³/mol. The highest BCUT2D eigenvalue weighted by Gasteiger charge is 2.36. The first-order valence-electron chi connectivity index (χ1n) is 11.4. The van der Waals surface area contributed by atoms with Crippen LogP contribution >= 0.6 is 23.4 Å². The van der Waals surface area contributed by atoms with Gasteiger partial charge < -0.3 is 19.0 Å². The van der Waals surface area contributed by atoms with Crippen molar-refractivity contribution >= 4 is 69.1 Å². The Morgan fingerprint density at radius 3 is 2.61 bits per heavy atom. The second-order valence-electron chi connectivity index (χ2n) is 8.31. The molecular formula is C27H20ClN3O6S. The average Bonchev–Trinajstić information content (AvgIpc) is 3.59. The number of nitrogens with zero attached hydrogens (tertiary/aromatic N) is 2. The van der Waals surface area contributed by atoms with E-state index in [1.54, 1.807) is 42.5 Å². The molecule has 1 fully saturated rings. The Bertz CT molecular complexity index is 1600. The first kappa shape index (κ1) is 25.4. The average molecular weight is 550 g/mol. The highest BCUT2D eigenvalue weighted by molar-refractivity contribution is 8.18. The van der Waals surface area contributed by atoms with Crippen LogP contribution in [-0.2, 0) is 20.9 Å². The summed E-state index contributed by atoms with van der Waals surface area (Å²) < 4.78 is 12.2. The monoisotopic (exact) mass is 549 g/mol. The molecule has 2 aromatic carbocycles. The van der Waals surface area contributed by atoms with Gasteiger partial charge in [-0.05, 0) is 60.3 Å². The highest BCUT2D eigenvalue weighted by atomic mass is 35.5. The Kier molecular flexibility index (Phi) is 7.08. The number of aromatic nitrogens is 1. The third-order valence-corrected chi connectivity index (χ3v) is 6.94. The van der Waals surface area contributed by atoms with E-state index in [1.165, 1.54) is 7.11 Å². The van der Waals surface area contributed by atoms with E-state index in [4.69, 9.17) is 20.8 Å². The number of hydrogen-bond donors (Lipinski definition) is 1. The summed E-state index contributed by atoms with van der Waals surface area (Å²) in [5.74, 6) is -0.960. The minimum absolute atomic E-state index is 0.105. The van der Waals surface area contributed by atoms with Crippen LogP contribution in [0.4, 0.5) is 10.5 Å². The number of thioether (sulfide) groups is 1. The lowest BCUT2D eigenvalue weighted by Gasteiger charge is -2.12. The van der Waals surface area contributed by atoms with E-state index >= 15 is 0 Å². The SMILES string of the molecule is COC(=O)c1ccc(Cn2cc(/C=C3\SC(=O)N(CC(=O)Nc4ccc(Cl)cc4)C3=O)c3ccccc32)o1. The molecule has 3 amide bonds. The summed E-state index contributed by atoms with van der Waals surface area (Å²) in [5, 5.41) is 3.51. The third kappa shape index (κ3) is 5.22. The zero-order valence-electron chi connectivity index (χ0n) is 20.0. The van der Waals surface area contributed by atoms with Gasteiger partial charge in [0, 0.05) is 33.4 Å². The number of benzene rings is 2. The number of carbonyl (C=O) groups excluding carboxylic acids is 4. The number of carbonyl (C=O) groups is 4. The van der Waals surface area contributed by atoms with E-state index in [0.717, 1.165) is 33.1 Å². The number of ether oxygens (including phenoxy) is 1. The van der Waals surface area contributed by atoms with Gasteiger partial charge in [-0.3, -0.25) is 19.3 Å². The van der Waals surface area contributed by atoms with Gasteiger partial charge in [-0.1, -0.05) is 29.8 Å². The number of furan rings is 1. The van der Waals surface area contributed by atoms with Crippen molar-refractivity contribution in [1.29, 1.82) is 0 Å². The third-order valence-electron chi connectivity index (χ3n) is 5.78. The minimum atomic E-state index is -0.563. The topological polar surface area (TPSA) is 111 Å². The number of esters is 1. The number of imide groups is 1. The number of methoxy groups -OCH3 is 1. The predicted octanol–water partition coefficient (Wildman–Crippen LogP) is 5.40. The number of halogens is 1. The zero-order valence-corrected chi connectivity index (χ0v) is 21.5. The van der Waals surface area contributed by atoms with Crippen molar-refractivity contribution in [3.8, 4) is 0 Å². The quantitative estimate of drug-likeness (QED) is 0.243. The number of anilines is 1. The molecule has 0 bridgehead atoms. The van der Waals surface area contributed by atoms with Crippen LogP contribution in [-0.4, -0.2) is 46.1 Å². The summed E-state index contributed by atoms with van der Waals surface area (Å²) in [6.07, 6.45) is 3.48. The molecular weight excluding hydrogens is 530 g/mol. The van der Waals surface area contributed by atoms with Crippen LogP contribution in [0.2, 0.25) is 5.02 Å². The number of amides is 3. The minimum Gasteiger partial charge on any atom is -0.463 e. The van der Waals surface area contributed by atoms with Gasteiger partial charge in [0.1, 0.15) is 12.3 Å². The summed E-state index contributed by atoms with van der Waals surface area (Å²) in [6, 6.07) is 17.3. The molecule has 0 radical (unpaired) electrons.